The van der Waals surface area contributed by atoms with Gasteiger partial charge in [0.15, 0.2) is 5.65 Å². The van der Waals surface area contributed by atoms with Crippen LogP contribution < -0.4 is 4.74 Å². The lowest BCUT2D eigenvalue weighted by Crippen LogP contribution is -1.88. The van der Waals surface area contributed by atoms with Crippen LogP contribution in [0.1, 0.15) is 5.56 Å². The molecule has 0 aliphatic rings. The van der Waals surface area contributed by atoms with Crippen LogP contribution in [0.25, 0.3) is 33.4 Å². The Kier molecular flexibility index (Phi) is 3.91. The average molecular weight is 331 g/mol. The van der Waals surface area contributed by atoms with E-state index < -0.39 is 0 Å². The number of benzene rings is 2. The number of aromatic amines is 1. The zero-order valence-corrected chi connectivity index (χ0v) is 13.7. The van der Waals surface area contributed by atoms with E-state index in [4.69, 9.17) is 4.74 Å². The summed E-state index contributed by atoms with van der Waals surface area (Å²) in [5.41, 5.74) is 5.32. The van der Waals surface area contributed by atoms with E-state index in [1.165, 1.54) is 0 Å². The third kappa shape index (κ3) is 2.75. The molecular formula is C20H17N3O2. The predicted molar refractivity (Wildman–Crippen MR) is 97.2 cm³/mol. The molecule has 124 valence electrons. The SMILES string of the molecule is COc1ccccc1-c1[nH]nc2ncc(-c3cccc(CO)c3)cc12. The van der Waals surface area contributed by atoms with Crippen LogP contribution in [-0.4, -0.2) is 27.4 Å². The van der Waals surface area contributed by atoms with E-state index in [-0.39, 0.29) is 6.61 Å². The lowest BCUT2D eigenvalue weighted by molar-refractivity contribution is 0.282. The highest BCUT2D eigenvalue weighted by Crippen LogP contribution is 2.34. The predicted octanol–water partition coefficient (Wildman–Crippen LogP) is 3.79. The van der Waals surface area contributed by atoms with Crippen molar-refractivity contribution in [3.05, 3.63) is 66.4 Å². The third-order valence-corrected chi connectivity index (χ3v) is 4.23. The molecule has 5 nitrogen and oxygen atoms in total. The lowest BCUT2D eigenvalue weighted by atomic mass is 10.0. The minimum absolute atomic E-state index is 0.0156. The second-order valence-corrected chi connectivity index (χ2v) is 5.75. The van der Waals surface area contributed by atoms with Gasteiger partial charge in [-0.25, -0.2) is 4.98 Å². The van der Waals surface area contributed by atoms with Gasteiger partial charge in [-0.1, -0.05) is 30.3 Å². The van der Waals surface area contributed by atoms with Gasteiger partial charge in [0, 0.05) is 22.7 Å². The second kappa shape index (κ2) is 6.37. The summed E-state index contributed by atoms with van der Waals surface area (Å²) in [6.07, 6.45) is 1.80. The van der Waals surface area contributed by atoms with Crippen molar-refractivity contribution < 1.29 is 9.84 Å². The zero-order chi connectivity index (χ0) is 17.2. The number of fused-ring (bicyclic) bond motifs is 1. The Hall–Kier alpha value is -3.18. The van der Waals surface area contributed by atoms with E-state index in [0.29, 0.717) is 5.65 Å². The number of para-hydroxylation sites is 1. The molecule has 0 unspecified atom stereocenters. The fraction of sp³-hybridized carbons (Fsp3) is 0.100. The summed E-state index contributed by atoms with van der Waals surface area (Å²) in [5.74, 6) is 0.778. The fourth-order valence-electron chi connectivity index (χ4n) is 2.96. The van der Waals surface area contributed by atoms with E-state index in [0.717, 1.165) is 39.1 Å². The number of ether oxygens (including phenoxy) is 1. The van der Waals surface area contributed by atoms with Gasteiger partial charge in [-0.3, -0.25) is 5.10 Å². The van der Waals surface area contributed by atoms with Crippen molar-refractivity contribution in [1.29, 1.82) is 0 Å². The van der Waals surface area contributed by atoms with Crippen LogP contribution in [0, 0.1) is 0 Å². The van der Waals surface area contributed by atoms with Crippen molar-refractivity contribution in [3.8, 4) is 28.1 Å². The van der Waals surface area contributed by atoms with Gasteiger partial charge in [0.25, 0.3) is 0 Å². The Balaban J connectivity index is 1.88. The Bertz CT molecular complexity index is 1040. The number of pyridine rings is 1. The highest BCUT2D eigenvalue weighted by Gasteiger charge is 2.13. The van der Waals surface area contributed by atoms with Crippen molar-refractivity contribution >= 4 is 11.0 Å². The molecule has 0 amide bonds. The summed E-state index contributed by atoms with van der Waals surface area (Å²) < 4.78 is 5.47. The van der Waals surface area contributed by atoms with Gasteiger partial charge in [0.2, 0.25) is 0 Å². The molecule has 0 aliphatic carbocycles. The van der Waals surface area contributed by atoms with Crippen molar-refractivity contribution in [3.63, 3.8) is 0 Å². The maximum atomic E-state index is 9.35. The minimum atomic E-state index is 0.0156. The number of methoxy groups -OCH3 is 1. The van der Waals surface area contributed by atoms with E-state index >= 15 is 0 Å². The monoisotopic (exact) mass is 331 g/mol. The molecule has 0 spiro atoms. The summed E-state index contributed by atoms with van der Waals surface area (Å²) in [6.45, 7) is 0.0156. The molecule has 0 saturated carbocycles. The first-order valence-electron chi connectivity index (χ1n) is 7.98. The summed E-state index contributed by atoms with van der Waals surface area (Å²) in [4.78, 5) is 4.47. The summed E-state index contributed by atoms with van der Waals surface area (Å²) in [5, 5.41) is 17.7. The third-order valence-electron chi connectivity index (χ3n) is 4.23. The van der Waals surface area contributed by atoms with E-state index in [1.54, 1.807) is 13.3 Å². The molecule has 2 N–H and O–H groups in total. The minimum Gasteiger partial charge on any atom is -0.496 e. The molecule has 2 aromatic heterocycles. The van der Waals surface area contributed by atoms with Crippen LogP contribution >= 0.6 is 0 Å². The van der Waals surface area contributed by atoms with Crippen molar-refractivity contribution in [1.82, 2.24) is 15.2 Å². The van der Waals surface area contributed by atoms with Gasteiger partial charge < -0.3 is 9.84 Å². The molecule has 0 aliphatic heterocycles. The lowest BCUT2D eigenvalue weighted by Gasteiger charge is -2.07. The Morgan fingerprint density at radius 1 is 1.04 bits per heavy atom. The maximum Gasteiger partial charge on any atom is 0.181 e. The first kappa shape index (κ1) is 15.4. The Labute approximate surface area is 144 Å². The van der Waals surface area contributed by atoms with Crippen LogP contribution in [0.3, 0.4) is 0 Å². The molecule has 0 saturated heterocycles. The second-order valence-electron chi connectivity index (χ2n) is 5.75. The zero-order valence-electron chi connectivity index (χ0n) is 13.7. The number of aromatic nitrogens is 3. The number of hydrogen-bond donors (Lipinski definition) is 2. The summed E-state index contributed by atoms with van der Waals surface area (Å²) in [7, 11) is 1.65. The number of nitrogens with zero attached hydrogens (tertiary/aromatic N) is 2. The summed E-state index contributed by atoms with van der Waals surface area (Å²) in [6, 6.07) is 17.7. The van der Waals surface area contributed by atoms with Crippen LogP contribution in [0.2, 0.25) is 0 Å². The first-order chi connectivity index (χ1) is 12.3. The highest BCUT2D eigenvalue weighted by molar-refractivity contribution is 5.94. The van der Waals surface area contributed by atoms with Crippen LogP contribution in [0.15, 0.2) is 60.8 Å². The van der Waals surface area contributed by atoms with E-state index in [2.05, 4.69) is 21.2 Å². The maximum absolute atomic E-state index is 9.35. The van der Waals surface area contributed by atoms with Gasteiger partial charge in [0.1, 0.15) is 5.75 Å². The molecule has 4 rings (SSSR count). The van der Waals surface area contributed by atoms with Crippen LogP contribution in [0.5, 0.6) is 5.75 Å². The largest absolute Gasteiger partial charge is 0.496 e. The van der Waals surface area contributed by atoms with E-state index in [1.807, 2.05) is 48.5 Å². The molecular weight excluding hydrogens is 314 g/mol. The highest BCUT2D eigenvalue weighted by atomic mass is 16.5. The molecule has 4 aromatic rings. The molecule has 5 heteroatoms. The van der Waals surface area contributed by atoms with Gasteiger partial charge in [0.05, 0.1) is 19.4 Å². The van der Waals surface area contributed by atoms with Crippen molar-refractivity contribution in [2.75, 3.05) is 7.11 Å². The molecule has 0 bridgehead atoms. The average Bonchev–Trinajstić information content (AvgIpc) is 3.11. The Morgan fingerprint density at radius 3 is 2.76 bits per heavy atom. The van der Waals surface area contributed by atoms with E-state index in [9.17, 15) is 5.11 Å². The van der Waals surface area contributed by atoms with Gasteiger partial charge >= 0.3 is 0 Å². The molecule has 0 radical (unpaired) electrons. The molecule has 0 atom stereocenters. The first-order valence-corrected chi connectivity index (χ1v) is 7.98. The van der Waals surface area contributed by atoms with Gasteiger partial charge in [-0.05, 0) is 35.4 Å². The number of nitrogens with one attached hydrogen (secondary N) is 1. The molecule has 2 heterocycles. The molecule has 0 fully saturated rings. The normalized spacial score (nSPS) is 11.0. The number of H-pyrrole nitrogens is 1. The molecule has 25 heavy (non-hydrogen) atoms. The fourth-order valence-corrected chi connectivity index (χ4v) is 2.96. The number of rotatable bonds is 4. The smallest absolute Gasteiger partial charge is 0.181 e. The topological polar surface area (TPSA) is 71.0 Å². The van der Waals surface area contributed by atoms with Gasteiger partial charge in [-0.2, -0.15) is 5.10 Å². The molecule has 2 aromatic carbocycles. The van der Waals surface area contributed by atoms with Gasteiger partial charge in [-0.15, -0.1) is 0 Å². The summed E-state index contributed by atoms with van der Waals surface area (Å²) >= 11 is 0. The van der Waals surface area contributed by atoms with Crippen molar-refractivity contribution in [2.24, 2.45) is 0 Å². The number of hydrogen-bond acceptors (Lipinski definition) is 4. The number of aliphatic hydroxyl groups excluding tert-OH is 1. The standard InChI is InChI=1S/C20H17N3O2/c1-25-18-8-3-2-7-16(18)19-17-10-15(11-21-20(17)23-22-19)14-6-4-5-13(9-14)12-24/h2-11,24H,12H2,1H3,(H,21,22,23). The van der Waals surface area contributed by atoms with Crippen molar-refractivity contribution in [2.45, 2.75) is 6.61 Å². The van der Waals surface area contributed by atoms with Crippen LogP contribution in [0.4, 0.5) is 0 Å². The Morgan fingerprint density at radius 2 is 1.92 bits per heavy atom. The number of aliphatic hydroxyl groups is 1. The van der Waals surface area contributed by atoms with Crippen LogP contribution in [-0.2, 0) is 6.61 Å². The quantitative estimate of drug-likeness (QED) is 0.597.